The molecule has 0 N–H and O–H groups in total. The van der Waals surface area contributed by atoms with Gasteiger partial charge in [-0.25, -0.2) is 4.79 Å². The average molecular weight is 319 g/mol. The molecule has 0 aromatic carbocycles. The molecule has 0 fully saturated rings. The number of carbonyl (C=O) groups excluding carboxylic acids is 2. The van der Waals surface area contributed by atoms with Gasteiger partial charge in [0.15, 0.2) is 0 Å². The van der Waals surface area contributed by atoms with Gasteiger partial charge >= 0.3 is 5.97 Å². The van der Waals surface area contributed by atoms with Crippen molar-refractivity contribution in [3.63, 3.8) is 0 Å². The monoisotopic (exact) mass is 319 g/mol. The van der Waals surface area contributed by atoms with Crippen molar-refractivity contribution in [2.75, 3.05) is 7.11 Å². The predicted molar refractivity (Wildman–Crippen MR) is 83.2 cm³/mol. The molecule has 0 unspecified atom stereocenters. The van der Waals surface area contributed by atoms with Crippen LogP contribution in [0.3, 0.4) is 0 Å². The van der Waals surface area contributed by atoms with Crippen LogP contribution in [0.25, 0.3) is 0 Å². The summed E-state index contributed by atoms with van der Waals surface area (Å²) < 4.78 is 9.79. The van der Waals surface area contributed by atoms with Gasteiger partial charge in [0.2, 0.25) is 5.91 Å². The number of aryl methyl sites for hydroxylation is 1. The number of hydrogen-bond acceptors (Lipinski definition) is 5. The summed E-state index contributed by atoms with van der Waals surface area (Å²) in [6, 6.07) is 7.59. The Morgan fingerprint density at radius 1 is 1.27 bits per heavy atom. The number of furan rings is 1. The Balaban J connectivity index is 2.11. The summed E-state index contributed by atoms with van der Waals surface area (Å²) in [5.74, 6) is -0.140. The molecule has 0 aliphatic carbocycles. The van der Waals surface area contributed by atoms with Gasteiger partial charge in [-0.2, -0.15) is 0 Å². The summed E-state index contributed by atoms with van der Waals surface area (Å²) in [4.78, 5) is 27.3. The molecule has 2 aromatic heterocycles. The Bertz CT molecular complexity index is 658. The van der Waals surface area contributed by atoms with Crippen molar-refractivity contribution in [1.29, 1.82) is 0 Å². The lowest BCUT2D eigenvalue weighted by molar-refractivity contribution is -0.135. The molecule has 0 radical (unpaired) electrons. The number of carbonyl (C=O) groups is 2. The average Bonchev–Trinajstić information content (AvgIpc) is 3.15. The van der Waals surface area contributed by atoms with Crippen LogP contribution in [-0.2, 0) is 27.4 Å². The van der Waals surface area contributed by atoms with Crippen LogP contribution in [0.1, 0.15) is 15.5 Å². The standard InChI is InChI=1S/C16H17NO4S/c1-12-5-6-14(22-12)11-17(10-13-4-3-9-21-13)15(18)7-8-16(19)20-2/h3-9H,10-11H2,1-2H3/b8-7+. The van der Waals surface area contributed by atoms with E-state index in [0.29, 0.717) is 18.8 Å². The van der Waals surface area contributed by atoms with Crippen LogP contribution in [0.4, 0.5) is 0 Å². The van der Waals surface area contributed by atoms with Gasteiger partial charge in [0.1, 0.15) is 5.76 Å². The van der Waals surface area contributed by atoms with E-state index in [0.717, 1.165) is 11.0 Å². The van der Waals surface area contributed by atoms with Gasteiger partial charge in [-0.05, 0) is 31.2 Å². The molecule has 0 saturated carbocycles. The molecule has 116 valence electrons. The Hall–Kier alpha value is -2.34. The lowest BCUT2D eigenvalue weighted by Gasteiger charge is -2.19. The molecule has 6 heteroatoms. The van der Waals surface area contributed by atoms with Crippen LogP contribution in [0.15, 0.2) is 47.1 Å². The fourth-order valence-corrected chi connectivity index (χ4v) is 2.78. The highest BCUT2D eigenvalue weighted by Gasteiger charge is 2.15. The molecule has 0 spiro atoms. The van der Waals surface area contributed by atoms with Crippen LogP contribution >= 0.6 is 11.3 Å². The van der Waals surface area contributed by atoms with Gasteiger partial charge in [0.25, 0.3) is 0 Å². The first kappa shape index (κ1) is 16.0. The third kappa shape index (κ3) is 4.60. The van der Waals surface area contributed by atoms with E-state index in [1.165, 1.54) is 18.1 Å². The molecule has 0 aliphatic rings. The Kier molecular flexibility index (Phi) is 5.55. The lowest BCUT2D eigenvalue weighted by atomic mass is 10.3. The van der Waals surface area contributed by atoms with Crippen LogP contribution in [-0.4, -0.2) is 23.9 Å². The summed E-state index contributed by atoms with van der Waals surface area (Å²) in [6.07, 6.45) is 3.91. The first-order valence-electron chi connectivity index (χ1n) is 6.71. The minimum atomic E-state index is -0.557. The van der Waals surface area contributed by atoms with Gasteiger partial charge in [-0.15, -0.1) is 11.3 Å². The van der Waals surface area contributed by atoms with Crippen LogP contribution < -0.4 is 0 Å². The minimum absolute atomic E-state index is 0.271. The molecule has 2 rings (SSSR count). The van der Waals surface area contributed by atoms with Crippen LogP contribution in [0.2, 0.25) is 0 Å². The Labute approximate surface area is 132 Å². The summed E-state index contributed by atoms with van der Waals surface area (Å²) in [5.41, 5.74) is 0. The number of esters is 1. The molecular weight excluding hydrogens is 302 g/mol. The van der Waals surface area contributed by atoms with E-state index in [-0.39, 0.29) is 5.91 Å². The van der Waals surface area contributed by atoms with E-state index in [9.17, 15) is 9.59 Å². The zero-order valence-corrected chi connectivity index (χ0v) is 13.3. The molecule has 2 aromatic rings. The quantitative estimate of drug-likeness (QED) is 0.607. The number of amides is 1. The third-order valence-electron chi connectivity index (χ3n) is 2.94. The van der Waals surface area contributed by atoms with E-state index in [2.05, 4.69) is 4.74 Å². The molecule has 1 amide bonds. The summed E-state index contributed by atoms with van der Waals surface area (Å²) in [5, 5.41) is 0. The van der Waals surface area contributed by atoms with E-state index < -0.39 is 5.97 Å². The summed E-state index contributed by atoms with van der Waals surface area (Å²) >= 11 is 1.63. The van der Waals surface area contributed by atoms with Crippen molar-refractivity contribution in [3.05, 3.63) is 58.2 Å². The molecule has 0 atom stereocenters. The van der Waals surface area contributed by atoms with Crippen LogP contribution in [0, 0.1) is 6.92 Å². The molecule has 2 heterocycles. The topological polar surface area (TPSA) is 59.8 Å². The van der Waals surface area contributed by atoms with Crippen molar-refractivity contribution in [3.8, 4) is 0 Å². The molecule has 22 heavy (non-hydrogen) atoms. The normalized spacial score (nSPS) is 10.8. The van der Waals surface area contributed by atoms with Gasteiger partial charge in [0.05, 0.1) is 26.5 Å². The second-order valence-corrected chi connectivity index (χ2v) is 6.01. The minimum Gasteiger partial charge on any atom is -0.467 e. The zero-order valence-electron chi connectivity index (χ0n) is 12.4. The van der Waals surface area contributed by atoms with Gasteiger partial charge in [-0.1, -0.05) is 0 Å². The Morgan fingerprint density at radius 2 is 2.09 bits per heavy atom. The van der Waals surface area contributed by atoms with Gasteiger partial charge < -0.3 is 14.1 Å². The zero-order chi connectivity index (χ0) is 15.9. The number of hydrogen-bond donors (Lipinski definition) is 0. The largest absolute Gasteiger partial charge is 0.467 e. The fraction of sp³-hybridized carbons (Fsp3) is 0.250. The maximum absolute atomic E-state index is 12.3. The van der Waals surface area contributed by atoms with Crippen LogP contribution in [0.5, 0.6) is 0 Å². The fourth-order valence-electron chi connectivity index (χ4n) is 1.87. The van der Waals surface area contributed by atoms with Gasteiger partial charge in [-0.3, -0.25) is 4.79 Å². The molecule has 0 saturated heterocycles. The highest BCUT2D eigenvalue weighted by Crippen LogP contribution is 2.19. The van der Waals surface area contributed by atoms with Crippen molar-refractivity contribution in [1.82, 2.24) is 4.90 Å². The predicted octanol–water partition coefficient (Wildman–Crippen LogP) is 2.91. The number of nitrogens with zero attached hydrogens (tertiary/aromatic N) is 1. The highest BCUT2D eigenvalue weighted by molar-refractivity contribution is 7.11. The summed E-state index contributed by atoms with van der Waals surface area (Å²) in [6.45, 7) is 2.82. The van der Waals surface area contributed by atoms with Crippen molar-refractivity contribution in [2.24, 2.45) is 0 Å². The van der Waals surface area contributed by atoms with E-state index in [4.69, 9.17) is 4.42 Å². The lowest BCUT2D eigenvalue weighted by Crippen LogP contribution is -2.28. The third-order valence-corrected chi connectivity index (χ3v) is 3.93. The maximum atomic E-state index is 12.3. The van der Waals surface area contributed by atoms with E-state index in [1.54, 1.807) is 28.6 Å². The Morgan fingerprint density at radius 3 is 2.68 bits per heavy atom. The number of methoxy groups -OCH3 is 1. The van der Waals surface area contributed by atoms with Crippen molar-refractivity contribution < 1.29 is 18.7 Å². The second-order valence-electron chi connectivity index (χ2n) is 4.64. The molecular formula is C16H17NO4S. The van der Waals surface area contributed by atoms with Crippen molar-refractivity contribution in [2.45, 2.75) is 20.0 Å². The molecule has 0 bridgehead atoms. The second kappa shape index (κ2) is 7.61. The van der Waals surface area contributed by atoms with E-state index in [1.807, 2.05) is 25.1 Å². The first-order valence-corrected chi connectivity index (χ1v) is 7.53. The van der Waals surface area contributed by atoms with Crippen molar-refractivity contribution >= 4 is 23.2 Å². The number of thiophene rings is 1. The maximum Gasteiger partial charge on any atom is 0.330 e. The number of rotatable bonds is 6. The van der Waals surface area contributed by atoms with Gasteiger partial charge in [0, 0.05) is 21.9 Å². The number of ether oxygens (including phenoxy) is 1. The van der Waals surface area contributed by atoms with E-state index >= 15 is 0 Å². The molecule has 5 nitrogen and oxygen atoms in total. The first-order chi connectivity index (χ1) is 10.6. The molecule has 0 aliphatic heterocycles. The SMILES string of the molecule is COC(=O)/C=C/C(=O)N(Cc1ccco1)Cc1ccc(C)s1. The smallest absolute Gasteiger partial charge is 0.330 e. The summed E-state index contributed by atoms with van der Waals surface area (Å²) in [7, 11) is 1.27. The highest BCUT2D eigenvalue weighted by atomic mass is 32.1.